The highest BCUT2D eigenvalue weighted by molar-refractivity contribution is 8.00. The van der Waals surface area contributed by atoms with Gasteiger partial charge >= 0.3 is 0 Å². The van der Waals surface area contributed by atoms with Crippen molar-refractivity contribution in [3.8, 4) is 0 Å². The molecule has 82 valence electrons. The van der Waals surface area contributed by atoms with Gasteiger partial charge in [-0.1, -0.05) is 6.42 Å². The fourth-order valence-corrected chi connectivity index (χ4v) is 3.83. The van der Waals surface area contributed by atoms with Gasteiger partial charge in [0.25, 0.3) is 0 Å². The minimum atomic E-state index is 0.241. The Labute approximate surface area is 95.5 Å². The standard InChI is InChI=1S/C10H19ClN2S/c11-9-3-1-2-8(6-9)7-13-4-5-14-10(13)12/h8-10H,1-7,12H2. The number of nitrogens with two attached hydrogens (primary N) is 1. The van der Waals surface area contributed by atoms with Crippen molar-refractivity contribution in [3.05, 3.63) is 0 Å². The Morgan fingerprint density at radius 1 is 1.43 bits per heavy atom. The predicted octanol–water partition coefficient (Wildman–Crippen LogP) is 2.08. The van der Waals surface area contributed by atoms with Crippen LogP contribution in [0.1, 0.15) is 25.7 Å². The van der Waals surface area contributed by atoms with E-state index in [4.69, 9.17) is 17.3 Å². The molecule has 14 heavy (non-hydrogen) atoms. The van der Waals surface area contributed by atoms with Crippen LogP contribution in [0, 0.1) is 5.92 Å². The Bertz CT molecular complexity index is 191. The highest BCUT2D eigenvalue weighted by Gasteiger charge is 2.27. The van der Waals surface area contributed by atoms with Crippen molar-refractivity contribution in [1.29, 1.82) is 0 Å². The first kappa shape index (κ1) is 11.1. The van der Waals surface area contributed by atoms with Crippen LogP contribution < -0.4 is 5.73 Å². The topological polar surface area (TPSA) is 29.3 Å². The zero-order valence-corrected chi connectivity index (χ0v) is 10.1. The number of nitrogens with zero attached hydrogens (tertiary/aromatic N) is 1. The maximum absolute atomic E-state index is 6.18. The monoisotopic (exact) mass is 234 g/mol. The van der Waals surface area contributed by atoms with Crippen molar-refractivity contribution in [3.63, 3.8) is 0 Å². The number of rotatable bonds is 2. The van der Waals surface area contributed by atoms with Gasteiger partial charge in [-0.15, -0.1) is 23.4 Å². The molecule has 0 radical (unpaired) electrons. The summed E-state index contributed by atoms with van der Waals surface area (Å²) in [5.41, 5.74) is 6.23. The summed E-state index contributed by atoms with van der Waals surface area (Å²) in [7, 11) is 0. The largest absolute Gasteiger partial charge is 0.307 e. The molecule has 2 rings (SSSR count). The predicted molar refractivity (Wildman–Crippen MR) is 63.6 cm³/mol. The fourth-order valence-electron chi connectivity index (χ4n) is 2.44. The van der Waals surface area contributed by atoms with Crippen molar-refractivity contribution >= 4 is 23.4 Å². The number of halogens is 1. The molecule has 3 unspecified atom stereocenters. The smallest absolute Gasteiger partial charge is 0.105 e. The van der Waals surface area contributed by atoms with Crippen molar-refractivity contribution in [2.75, 3.05) is 18.8 Å². The summed E-state index contributed by atoms with van der Waals surface area (Å²) in [5.74, 6) is 1.98. The number of hydrogen-bond acceptors (Lipinski definition) is 3. The van der Waals surface area contributed by atoms with Crippen LogP contribution in [-0.4, -0.2) is 34.6 Å². The van der Waals surface area contributed by atoms with E-state index in [1.165, 1.54) is 31.4 Å². The Morgan fingerprint density at radius 3 is 2.93 bits per heavy atom. The second kappa shape index (κ2) is 5.06. The van der Waals surface area contributed by atoms with E-state index >= 15 is 0 Å². The van der Waals surface area contributed by atoms with E-state index < -0.39 is 0 Å². The van der Waals surface area contributed by atoms with Gasteiger partial charge in [-0.3, -0.25) is 4.90 Å². The quantitative estimate of drug-likeness (QED) is 0.742. The maximum atomic E-state index is 6.18. The van der Waals surface area contributed by atoms with Crippen LogP contribution in [0.4, 0.5) is 0 Å². The van der Waals surface area contributed by atoms with Crippen LogP contribution in [0.15, 0.2) is 0 Å². The molecule has 2 nitrogen and oxygen atoms in total. The summed E-state index contributed by atoms with van der Waals surface area (Å²) in [6, 6.07) is 0. The Hall–Kier alpha value is 0.560. The molecule has 0 aromatic heterocycles. The summed E-state index contributed by atoms with van der Waals surface area (Å²) in [5, 5.41) is 0.417. The van der Waals surface area contributed by atoms with E-state index in [1.807, 2.05) is 11.8 Å². The lowest BCUT2D eigenvalue weighted by Crippen LogP contribution is -2.39. The lowest BCUT2D eigenvalue weighted by molar-refractivity contribution is 0.210. The van der Waals surface area contributed by atoms with Gasteiger partial charge in [0.1, 0.15) is 5.50 Å². The third-order valence-corrected chi connectivity index (χ3v) is 4.69. The van der Waals surface area contributed by atoms with Crippen LogP contribution >= 0.6 is 23.4 Å². The number of hydrogen-bond donors (Lipinski definition) is 1. The number of alkyl halides is 1. The van der Waals surface area contributed by atoms with E-state index in [9.17, 15) is 0 Å². The van der Waals surface area contributed by atoms with E-state index in [1.54, 1.807) is 0 Å². The lowest BCUT2D eigenvalue weighted by atomic mass is 9.88. The molecule has 0 aromatic rings. The molecule has 0 spiro atoms. The molecular weight excluding hydrogens is 216 g/mol. The second-order valence-electron chi connectivity index (χ2n) is 4.39. The van der Waals surface area contributed by atoms with Gasteiger partial charge in [-0.25, -0.2) is 0 Å². The van der Waals surface area contributed by atoms with Gasteiger partial charge in [-0.2, -0.15) is 0 Å². The molecule has 0 aromatic carbocycles. The molecule has 1 heterocycles. The van der Waals surface area contributed by atoms with Crippen molar-refractivity contribution in [1.82, 2.24) is 4.90 Å². The molecule has 1 aliphatic carbocycles. The Morgan fingerprint density at radius 2 is 2.29 bits per heavy atom. The summed E-state index contributed by atoms with van der Waals surface area (Å²) < 4.78 is 0. The summed E-state index contributed by atoms with van der Waals surface area (Å²) >= 11 is 8.04. The van der Waals surface area contributed by atoms with E-state index in [-0.39, 0.29) is 5.50 Å². The van der Waals surface area contributed by atoms with Gasteiger partial charge in [0.05, 0.1) is 0 Å². The third kappa shape index (κ3) is 2.78. The molecule has 0 bridgehead atoms. The van der Waals surface area contributed by atoms with Crippen molar-refractivity contribution < 1.29 is 0 Å². The molecular formula is C10H19ClN2S. The Balaban J connectivity index is 1.78. The van der Waals surface area contributed by atoms with Crippen LogP contribution in [-0.2, 0) is 0 Å². The highest BCUT2D eigenvalue weighted by Crippen LogP contribution is 2.30. The SMILES string of the molecule is NC1SCCN1CC1CCCC(Cl)C1. The molecule has 1 aliphatic heterocycles. The van der Waals surface area contributed by atoms with Crippen LogP contribution in [0.2, 0.25) is 0 Å². The summed E-state index contributed by atoms with van der Waals surface area (Å²) in [4.78, 5) is 2.41. The minimum Gasteiger partial charge on any atom is -0.307 e. The first-order valence-electron chi connectivity index (χ1n) is 5.51. The molecule has 1 saturated carbocycles. The van der Waals surface area contributed by atoms with Crippen LogP contribution in [0.25, 0.3) is 0 Å². The van der Waals surface area contributed by atoms with Crippen molar-refractivity contribution in [2.24, 2.45) is 11.7 Å². The average molecular weight is 235 g/mol. The summed E-state index contributed by atoms with van der Waals surface area (Å²) in [6.45, 7) is 2.33. The molecule has 1 saturated heterocycles. The Kier molecular flexibility index (Phi) is 4.00. The highest BCUT2D eigenvalue weighted by atomic mass is 35.5. The van der Waals surface area contributed by atoms with Gasteiger partial charge in [0.15, 0.2) is 0 Å². The lowest BCUT2D eigenvalue weighted by Gasteiger charge is -2.30. The van der Waals surface area contributed by atoms with Gasteiger partial charge in [0.2, 0.25) is 0 Å². The minimum absolute atomic E-state index is 0.241. The normalized spacial score (nSPS) is 40.3. The molecule has 0 amide bonds. The van der Waals surface area contributed by atoms with E-state index in [0.717, 1.165) is 19.0 Å². The molecule has 2 aliphatic rings. The van der Waals surface area contributed by atoms with Gasteiger partial charge in [-0.05, 0) is 25.2 Å². The van der Waals surface area contributed by atoms with E-state index in [2.05, 4.69) is 4.90 Å². The first-order valence-corrected chi connectivity index (χ1v) is 6.99. The first-order chi connectivity index (χ1) is 6.75. The zero-order chi connectivity index (χ0) is 9.97. The second-order valence-corrected chi connectivity index (χ2v) is 6.23. The maximum Gasteiger partial charge on any atom is 0.105 e. The molecule has 4 heteroatoms. The molecule has 3 atom stereocenters. The number of thioether (sulfide) groups is 1. The van der Waals surface area contributed by atoms with Crippen LogP contribution in [0.3, 0.4) is 0 Å². The fraction of sp³-hybridized carbons (Fsp3) is 1.00. The van der Waals surface area contributed by atoms with E-state index in [0.29, 0.717) is 5.38 Å². The van der Waals surface area contributed by atoms with Crippen LogP contribution in [0.5, 0.6) is 0 Å². The van der Waals surface area contributed by atoms with Crippen molar-refractivity contribution in [2.45, 2.75) is 36.6 Å². The molecule has 2 fully saturated rings. The van der Waals surface area contributed by atoms with Gasteiger partial charge < -0.3 is 5.73 Å². The zero-order valence-electron chi connectivity index (χ0n) is 8.49. The van der Waals surface area contributed by atoms with Gasteiger partial charge in [0, 0.05) is 24.2 Å². The summed E-state index contributed by atoms with van der Waals surface area (Å²) in [6.07, 6.45) is 5.04. The molecule has 2 N–H and O–H groups in total. The third-order valence-electron chi connectivity index (χ3n) is 3.24. The average Bonchev–Trinajstić information content (AvgIpc) is 2.52.